The lowest BCUT2D eigenvalue weighted by Crippen LogP contribution is -2.37. The van der Waals surface area contributed by atoms with E-state index < -0.39 is 12.0 Å². The summed E-state index contributed by atoms with van der Waals surface area (Å²) >= 11 is 0. The normalized spacial score (nSPS) is 16.9. The van der Waals surface area contributed by atoms with Crippen molar-refractivity contribution in [3.05, 3.63) is 36.1 Å². The fourth-order valence-electron chi connectivity index (χ4n) is 2.22. The summed E-state index contributed by atoms with van der Waals surface area (Å²) in [6.07, 6.45) is 2.01. The number of fused-ring (bicyclic) bond motifs is 1. The largest absolute Gasteiger partial charge is 0.480 e. The van der Waals surface area contributed by atoms with Gasteiger partial charge in [0.25, 0.3) is 0 Å². The predicted octanol–water partition coefficient (Wildman–Crippen LogP) is 2.39. The van der Waals surface area contributed by atoms with Crippen molar-refractivity contribution in [2.45, 2.75) is 25.4 Å². The van der Waals surface area contributed by atoms with Crippen molar-refractivity contribution in [3.8, 4) is 0 Å². The number of rotatable bonds is 5. The van der Waals surface area contributed by atoms with Crippen molar-refractivity contribution in [2.75, 3.05) is 0 Å². The van der Waals surface area contributed by atoms with Crippen molar-refractivity contribution in [3.63, 3.8) is 0 Å². The standard InChI is InChI=1S/C14H15NO3/c16-14(17)13(9-5-6-9)15-8-11-7-10-3-1-2-4-12(10)18-11/h1-4,7,9,13,15H,5-6,8H2,(H,16,17). The fourth-order valence-corrected chi connectivity index (χ4v) is 2.22. The van der Waals surface area contributed by atoms with Crippen LogP contribution in [0.1, 0.15) is 18.6 Å². The average Bonchev–Trinajstić information content (AvgIpc) is 3.08. The molecule has 1 aromatic carbocycles. The van der Waals surface area contributed by atoms with Crippen LogP contribution in [0.3, 0.4) is 0 Å². The Balaban J connectivity index is 1.70. The van der Waals surface area contributed by atoms with E-state index in [2.05, 4.69) is 5.32 Å². The first-order valence-corrected chi connectivity index (χ1v) is 6.17. The number of carbonyl (C=O) groups is 1. The van der Waals surface area contributed by atoms with Crippen LogP contribution in [0.5, 0.6) is 0 Å². The van der Waals surface area contributed by atoms with Gasteiger partial charge in [0, 0.05) is 5.39 Å². The third-order valence-corrected chi connectivity index (χ3v) is 3.33. The van der Waals surface area contributed by atoms with Crippen LogP contribution in [0, 0.1) is 5.92 Å². The van der Waals surface area contributed by atoms with Gasteiger partial charge in [0.05, 0.1) is 6.54 Å². The summed E-state index contributed by atoms with van der Waals surface area (Å²) in [5, 5.41) is 13.2. The zero-order valence-electron chi connectivity index (χ0n) is 9.93. The van der Waals surface area contributed by atoms with Gasteiger partial charge < -0.3 is 9.52 Å². The third kappa shape index (κ3) is 2.24. The molecule has 1 fully saturated rings. The quantitative estimate of drug-likeness (QED) is 0.849. The highest BCUT2D eigenvalue weighted by atomic mass is 16.4. The fraction of sp³-hybridized carbons (Fsp3) is 0.357. The van der Waals surface area contributed by atoms with E-state index in [1.165, 1.54) is 0 Å². The lowest BCUT2D eigenvalue weighted by atomic mass is 10.2. The molecule has 18 heavy (non-hydrogen) atoms. The lowest BCUT2D eigenvalue weighted by molar-refractivity contribution is -0.140. The molecule has 4 heteroatoms. The first-order chi connectivity index (χ1) is 8.74. The maximum atomic E-state index is 11.1. The number of para-hydroxylation sites is 1. The van der Waals surface area contributed by atoms with Gasteiger partial charge in [-0.15, -0.1) is 0 Å². The third-order valence-electron chi connectivity index (χ3n) is 3.33. The topological polar surface area (TPSA) is 62.5 Å². The number of furan rings is 1. The Morgan fingerprint density at radius 3 is 2.89 bits per heavy atom. The van der Waals surface area contributed by atoms with Crippen molar-refractivity contribution in [1.82, 2.24) is 5.32 Å². The minimum absolute atomic E-state index is 0.284. The maximum absolute atomic E-state index is 11.1. The highest BCUT2D eigenvalue weighted by Gasteiger charge is 2.35. The first kappa shape index (κ1) is 11.3. The van der Waals surface area contributed by atoms with Crippen molar-refractivity contribution < 1.29 is 14.3 Å². The molecule has 0 spiro atoms. The van der Waals surface area contributed by atoms with E-state index in [0.717, 1.165) is 29.6 Å². The minimum Gasteiger partial charge on any atom is -0.480 e. The zero-order valence-corrected chi connectivity index (χ0v) is 9.93. The Labute approximate surface area is 105 Å². The molecule has 1 unspecified atom stereocenters. The average molecular weight is 245 g/mol. The summed E-state index contributed by atoms with van der Waals surface area (Å²) in [7, 11) is 0. The lowest BCUT2D eigenvalue weighted by Gasteiger charge is -2.11. The molecule has 0 radical (unpaired) electrons. The van der Waals surface area contributed by atoms with Crippen molar-refractivity contribution in [1.29, 1.82) is 0 Å². The van der Waals surface area contributed by atoms with Crippen LogP contribution in [0.2, 0.25) is 0 Å². The molecule has 1 aromatic heterocycles. The molecule has 0 aliphatic heterocycles. The molecule has 1 atom stereocenters. The molecular weight excluding hydrogens is 230 g/mol. The van der Waals surface area contributed by atoms with E-state index in [1.54, 1.807) is 0 Å². The van der Waals surface area contributed by atoms with Crippen LogP contribution in [0.15, 0.2) is 34.7 Å². The number of aliphatic carboxylic acids is 1. The van der Waals surface area contributed by atoms with Gasteiger partial charge in [-0.05, 0) is 30.9 Å². The van der Waals surface area contributed by atoms with Gasteiger partial charge in [0.2, 0.25) is 0 Å². The number of nitrogens with one attached hydrogen (secondary N) is 1. The SMILES string of the molecule is O=C(O)C(NCc1cc2ccccc2o1)C1CC1. The number of carboxylic acids is 1. The molecule has 1 aliphatic rings. The second-order valence-electron chi connectivity index (χ2n) is 4.78. The summed E-state index contributed by atoms with van der Waals surface area (Å²) in [5.41, 5.74) is 0.840. The second-order valence-corrected chi connectivity index (χ2v) is 4.78. The molecule has 2 N–H and O–H groups in total. The molecule has 2 aromatic rings. The van der Waals surface area contributed by atoms with Gasteiger partial charge in [-0.2, -0.15) is 0 Å². The van der Waals surface area contributed by atoms with Crippen LogP contribution in [0.25, 0.3) is 11.0 Å². The predicted molar refractivity (Wildman–Crippen MR) is 67.2 cm³/mol. The Kier molecular flexibility index (Phi) is 2.80. The molecule has 0 amide bonds. The number of hydrogen-bond donors (Lipinski definition) is 2. The zero-order chi connectivity index (χ0) is 12.5. The Morgan fingerprint density at radius 1 is 1.44 bits per heavy atom. The molecule has 1 aliphatic carbocycles. The van der Waals surface area contributed by atoms with Crippen LogP contribution in [0.4, 0.5) is 0 Å². The van der Waals surface area contributed by atoms with Crippen molar-refractivity contribution in [2.24, 2.45) is 5.92 Å². The molecule has 1 heterocycles. The van der Waals surface area contributed by atoms with Gasteiger partial charge in [0.15, 0.2) is 0 Å². The van der Waals surface area contributed by atoms with E-state index in [0.29, 0.717) is 6.54 Å². The molecule has 1 saturated carbocycles. The molecule has 0 bridgehead atoms. The highest BCUT2D eigenvalue weighted by molar-refractivity contribution is 5.77. The maximum Gasteiger partial charge on any atom is 0.320 e. The van der Waals surface area contributed by atoms with E-state index in [9.17, 15) is 4.79 Å². The van der Waals surface area contributed by atoms with Gasteiger partial charge in [-0.3, -0.25) is 10.1 Å². The first-order valence-electron chi connectivity index (χ1n) is 6.17. The van der Waals surface area contributed by atoms with Gasteiger partial charge in [-0.25, -0.2) is 0 Å². The summed E-state index contributed by atoms with van der Waals surface area (Å²) < 4.78 is 5.64. The summed E-state index contributed by atoms with van der Waals surface area (Å²) in [5.74, 6) is 0.295. The minimum atomic E-state index is -0.770. The summed E-state index contributed by atoms with van der Waals surface area (Å²) in [6, 6.07) is 9.28. The molecule has 4 nitrogen and oxygen atoms in total. The highest BCUT2D eigenvalue weighted by Crippen LogP contribution is 2.33. The summed E-state index contributed by atoms with van der Waals surface area (Å²) in [4.78, 5) is 11.1. The molecule has 0 saturated heterocycles. The smallest absolute Gasteiger partial charge is 0.320 e. The number of hydrogen-bond acceptors (Lipinski definition) is 3. The Morgan fingerprint density at radius 2 is 2.22 bits per heavy atom. The molecule has 94 valence electrons. The number of carboxylic acid groups (broad SMARTS) is 1. The molecular formula is C14H15NO3. The van der Waals surface area contributed by atoms with Crippen LogP contribution >= 0.6 is 0 Å². The van der Waals surface area contributed by atoms with Crippen LogP contribution in [-0.2, 0) is 11.3 Å². The second kappa shape index (κ2) is 4.46. The van der Waals surface area contributed by atoms with E-state index in [-0.39, 0.29) is 5.92 Å². The monoisotopic (exact) mass is 245 g/mol. The van der Waals surface area contributed by atoms with E-state index in [1.807, 2.05) is 30.3 Å². The van der Waals surface area contributed by atoms with Gasteiger partial charge in [0.1, 0.15) is 17.4 Å². The van der Waals surface area contributed by atoms with Gasteiger partial charge in [-0.1, -0.05) is 18.2 Å². The van der Waals surface area contributed by atoms with E-state index >= 15 is 0 Å². The Bertz CT molecular complexity index is 538. The number of benzene rings is 1. The van der Waals surface area contributed by atoms with Crippen LogP contribution < -0.4 is 5.32 Å². The van der Waals surface area contributed by atoms with Crippen LogP contribution in [-0.4, -0.2) is 17.1 Å². The summed E-state index contributed by atoms with van der Waals surface area (Å²) in [6.45, 7) is 0.460. The molecule has 3 rings (SSSR count). The Hall–Kier alpha value is -1.81. The van der Waals surface area contributed by atoms with Gasteiger partial charge >= 0.3 is 5.97 Å². The van der Waals surface area contributed by atoms with E-state index in [4.69, 9.17) is 9.52 Å². The van der Waals surface area contributed by atoms with Crippen molar-refractivity contribution >= 4 is 16.9 Å².